The highest BCUT2D eigenvalue weighted by Crippen LogP contribution is 2.20. The van der Waals surface area contributed by atoms with E-state index in [0.717, 1.165) is 0 Å². The van der Waals surface area contributed by atoms with E-state index in [4.69, 9.17) is 0 Å². The average Bonchev–Trinajstić information content (AvgIpc) is 3.32. The van der Waals surface area contributed by atoms with Gasteiger partial charge >= 0.3 is 0 Å². The van der Waals surface area contributed by atoms with Crippen LogP contribution in [0.25, 0.3) is 0 Å². The Bertz CT molecular complexity index is 2000. The second kappa shape index (κ2) is 32.7. The van der Waals surface area contributed by atoms with Crippen molar-refractivity contribution in [3.8, 4) is 0 Å². The van der Waals surface area contributed by atoms with Crippen molar-refractivity contribution in [2.45, 2.75) is 196 Å². The molecule has 11 atom stereocenters. The van der Waals surface area contributed by atoms with E-state index < -0.39 is 137 Å². The van der Waals surface area contributed by atoms with Crippen LogP contribution in [0.2, 0.25) is 0 Å². The van der Waals surface area contributed by atoms with Gasteiger partial charge in [0.05, 0.1) is 6.10 Å². The monoisotopic (exact) mass is 1080 g/mol. The molecule has 1 rings (SSSR count). The number of hydrogen-bond donors (Lipinski definition) is 9. The van der Waals surface area contributed by atoms with Gasteiger partial charge in [-0.05, 0) is 62.2 Å². The maximum absolute atomic E-state index is 14.2. The first kappa shape index (κ1) is 68.1. The van der Waals surface area contributed by atoms with Gasteiger partial charge in [-0.1, -0.05) is 95.9 Å². The first-order valence-electron chi connectivity index (χ1n) is 27.1. The van der Waals surface area contributed by atoms with Crippen molar-refractivity contribution < 1.29 is 57.8 Å². The summed E-state index contributed by atoms with van der Waals surface area (Å²) in [6.07, 6.45) is -0.935. The molecule has 23 heteroatoms. The maximum Gasteiger partial charge on any atom is 0.245 e. The van der Waals surface area contributed by atoms with E-state index in [1.807, 2.05) is 41.5 Å². The molecule has 0 aromatic carbocycles. The lowest BCUT2D eigenvalue weighted by molar-refractivity contribution is -0.145. The van der Waals surface area contributed by atoms with Crippen molar-refractivity contribution in [2.75, 3.05) is 40.8 Å². The van der Waals surface area contributed by atoms with Gasteiger partial charge < -0.3 is 62.3 Å². The smallest absolute Gasteiger partial charge is 0.245 e. The number of likely N-dealkylation sites (N-methyl/N-ethyl adjacent to an activating group) is 3. The van der Waals surface area contributed by atoms with E-state index >= 15 is 0 Å². The normalized spacial score (nSPS) is 26.8. The molecule has 0 radical (unpaired) electrons. The standard InChI is InChI=1S/C53H95N11O12/c1-18-32(11)41-53(76)63(16)44(31(9)10)49(72)57-34(13)46(69)54-23-20-38(66)59-37(27-29(5)6)52(75)64(17)45(33(12)19-2)50(73)61-42(35(14)65)47(70)55-24-21-39(67)58-36(26-28(3)4)51(74)62(15)43(30(7)8)48(71)56-25-22-40(68)60-41/h28-37,41-45,65H,18-27H2,1-17H3,(H,54,69)(H,55,70)(H,56,71)(H,57,72)(H,58,67)(H,59,66)(H,60,68)(H,61,73)/t32-,33-,34-,35+,36?,37?,41+,42-,43-,44?,45?/m0/s1. The summed E-state index contributed by atoms with van der Waals surface area (Å²) >= 11 is 0. The quantitative estimate of drug-likeness (QED) is 0.135. The third-order valence-corrected chi connectivity index (χ3v) is 13.8. The molecule has 1 saturated heterocycles. The SMILES string of the molecule is CC[C@H](C)C1C(=O)N[C@@H]([C@@H](C)O)C(=O)NCCC(=O)NC(CC(C)C)C(=O)N(C)[C@@H](C(C)C)C(=O)NCCC(=O)N[C@H]([C@@H](C)CC)C(=O)N(C)C(C(C)C)C(=O)N[C@@H](C)C(=O)NCCC(=O)NC(CC(C)C)C(=O)N1C. The van der Waals surface area contributed by atoms with Crippen LogP contribution in [0.1, 0.15) is 142 Å². The van der Waals surface area contributed by atoms with Gasteiger partial charge in [-0.3, -0.25) is 52.7 Å². The zero-order valence-corrected chi connectivity index (χ0v) is 48.5. The summed E-state index contributed by atoms with van der Waals surface area (Å²) in [5.74, 6) is -8.75. The van der Waals surface area contributed by atoms with E-state index in [0.29, 0.717) is 12.8 Å². The number of nitrogens with one attached hydrogen (secondary N) is 8. The molecule has 0 bridgehead atoms. The van der Waals surface area contributed by atoms with Crippen LogP contribution in [0.15, 0.2) is 0 Å². The summed E-state index contributed by atoms with van der Waals surface area (Å²) in [5.41, 5.74) is 0. The predicted octanol–water partition coefficient (Wildman–Crippen LogP) is 0.321. The summed E-state index contributed by atoms with van der Waals surface area (Å²) in [6, 6.07) is -9.13. The van der Waals surface area contributed by atoms with Crippen LogP contribution in [-0.2, 0) is 52.7 Å². The van der Waals surface area contributed by atoms with E-state index in [9.17, 15) is 57.8 Å². The topological polar surface area (TPSA) is 314 Å². The third kappa shape index (κ3) is 21.3. The Kier molecular flexibility index (Phi) is 29.3. The van der Waals surface area contributed by atoms with Crippen LogP contribution in [0.3, 0.4) is 0 Å². The highest BCUT2D eigenvalue weighted by atomic mass is 16.3. The van der Waals surface area contributed by atoms with Gasteiger partial charge in [0.25, 0.3) is 0 Å². The minimum Gasteiger partial charge on any atom is -0.391 e. The molecule has 1 fully saturated rings. The fourth-order valence-corrected chi connectivity index (χ4v) is 9.13. The van der Waals surface area contributed by atoms with E-state index in [1.54, 1.807) is 41.5 Å². The number of hydrogen-bond acceptors (Lipinski definition) is 12. The molecule has 9 N–H and O–H groups in total. The maximum atomic E-state index is 14.2. The second-order valence-electron chi connectivity index (χ2n) is 22.1. The molecule has 1 aliphatic heterocycles. The Morgan fingerprint density at radius 1 is 0.447 bits per heavy atom. The zero-order valence-electron chi connectivity index (χ0n) is 48.5. The molecule has 0 aromatic rings. The van der Waals surface area contributed by atoms with Gasteiger partial charge in [-0.15, -0.1) is 0 Å². The summed E-state index contributed by atoms with van der Waals surface area (Å²) < 4.78 is 0. The fraction of sp³-hybridized carbons (Fsp3) is 0.792. The number of amides is 11. The fourth-order valence-electron chi connectivity index (χ4n) is 9.13. The summed E-state index contributed by atoms with van der Waals surface area (Å²) in [7, 11) is 4.30. The number of carbonyl (C=O) groups is 11. The number of rotatable bonds is 11. The van der Waals surface area contributed by atoms with E-state index in [2.05, 4.69) is 42.5 Å². The molecular formula is C53H95N11O12. The van der Waals surface area contributed by atoms with Crippen LogP contribution in [-0.4, -0.2) is 180 Å². The molecule has 0 aliphatic carbocycles. The molecule has 0 spiro atoms. The van der Waals surface area contributed by atoms with Gasteiger partial charge in [0.15, 0.2) is 0 Å². The summed E-state index contributed by atoms with van der Waals surface area (Å²) in [6.45, 7) is 23.7. The molecule has 76 heavy (non-hydrogen) atoms. The molecule has 11 amide bonds. The van der Waals surface area contributed by atoms with Gasteiger partial charge in [-0.2, -0.15) is 0 Å². The van der Waals surface area contributed by atoms with E-state index in [-0.39, 0.29) is 69.5 Å². The largest absolute Gasteiger partial charge is 0.391 e. The first-order valence-corrected chi connectivity index (χ1v) is 27.1. The van der Waals surface area contributed by atoms with Crippen molar-refractivity contribution in [2.24, 2.45) is 35.5 Å². The van der Waals surface area contributed by atoms with Gasteiger partial charge in [0.1, 0.15) is 48.3 Å². The van der Waals surface area contributed by atoms with Crippen molar-refractivity contribution in [3.05, 3.63) is 0 Å². The second-order valence-corrected chi connectivity index (χ2v) is 22.1. The lowest BCUT2D eigenvalue weighted by atomic mass is 9.94. The number of nitrogens with zero attached hydrogens (tertiary/aromatic N) is 3. The molecule has 4 unspecified atom stereocenters. The Morgan fingerprint density at radius 2 is 0.816 bits per heavy atom. The van der Waals surface area contributed by atoms with Crippen LogP contribution < -0.4 is 42.5 Å². The molecule has 23 nitrogen and oxygen atoms in total. The van der Waals surface area contributed by atoms with Crippen molar-refractivity contribution in [3.63, 3.8) is 0 Å². The Labute approximate surface area is 451 Å². The van der Waals surface area contributed by atoms with Gasteiger partial charge in [0, 0.05) is 60.0 Å². The van der Waals surface area contributed by atoms with Gasteiger partial charge in [0.2, 0.25) is 65.0 Å². The van der Waals surface area contributed by atoms with Crippen molar-refractivity contribution in [1.29, 1.82) is 0 Å². The van der Waals surface area contributed by atoms with E-state index in [1.165, 1.54) is 49.7 Å². The molecule has 0 saturated carbocycles. The minimum atomic E-state index is -1.51. The van der Waals surface area contributed by atoms with Crippen molar-refractivity contribution in [1.82, 2.24) is 57.2 Å². The molecule has 1 heterocycles. The summed E-state index contributed by atoms with van der Waals surface area (Å²) in [5, 5.41) is 32.2. The summed E-state index contributed by atoms with van der Waals surface area (Å²) in [4.78, 5) is 155. The van der Waals surface area contributed by atoms with Crippen LogP contribution in [0, 0.1) is 35.5 Å². The lowest BCUT2D eigenvalue weighted by Gasteiger charge is -2.35. The minimum absolute atomic E-state index is 0.0812. The number of aliphatic hydroxyl groups is 1. The van der Waals surface area contributed by atoms with Crippen LogP contribution in [0.4, 0.5) is 0 Å². The molecule has 434 valence electrons. The lowest BCUT2D eigenvalue weighted by Crippen LogP contribution is -2.61. The zero-order chi connectivity index (χ0) is 58.5. The molecular weight excluding hydrogens is 983 g/mol. The molecule has 1 aliphatic rings. The average molecular weight is 1080 g/mol. The number of aliphatic hydroxyl groups excluding tert-OH is 1. The molecule has 0 aromatic heterocycles. The first-order chi connectivity index (χ1) is 35.3. The van der Waals surface area contributed by atoms with Crippen LogP contribution in [0.5, 0.6) is 0 Å². The highest BCUT2D eigenvalue weighted by molar-refractivity contribution is 5.97. The highest BCUT2D eigenvalue weighted by Gasteiger charge is 2.40. The third-order valence-electron chi connectivity index (χ3n) is 13.8. The van der Waals surface area contributed by atoms with Crippen LogP contribution >= 0.6 is 0 Å². The Morgan fingerprint density at radius 3 is 1.22 bits per heavy atom. The van der Waals surface area contributed by atoms with Gasteiger partial charge in [-0.25, -0.2) is 0 Å². The predicted molar refractivity (Wildman–Crippen MR) is 287 cm³/mol. The van der Waals surface area contributed by atoms with Crippen molar-refractivity contribution >= 4 is 65.0 Å². The Hall–Kier alpha value is -5.87. The Balaban J connectivity index is 3.73. The number of carbonyl (C=O) groups excluding carboxylic acids is 11.